The molecule has 0 unspecified atom stereocenters. The van der Waals surface area contributed by atoms with Crippen LogP contribution in [0.3, 0.4) is 0 Å². The Balaban J connectivity index is 1.52. The van der Waals surface area contributed by atoms with Gasteiger partial charge in [0, 0.05) is 37.2 Å². The van der Waals surface area contributed by atoms with E-state index in [-0.39, 0.29) is 17.0 Å². The third-order valence-electron chi connectivity index (χ3n) is 6.37. The second-order valence-electron chi connectivity index (χ2n) is 10.6. The summed E-state index contributed by atoms with van der Waals surface area (Å²) in [6.07, 6.45) is 4.48. The molecular formula is C22H36N4O4Si. The third-order valence-corrected chi connectivity index (χ3v) is 7.47. The van der Waals surface area contributed by atoms with Gasteiger partial charge in [0.2, 0.25) is 0 Å². The van der Waals surface area contributed by atoms with Crippen molar-refractivity contribution in [3.05, 3.63) is 11.3 Å². The molecule has 1 aliphatic carbocycles. The number of ether oxygens (including phenoxy) is 2. The van der Waals surface area contributed by atoms with Crippen LogP contribution >= 0.6 is 0 Å². The molecule has 31 heavy (non-hydrogen) atoms. The highest BCUT2D eigenvalue weighted by Crippen LogP contribution is 2.49. The highest BCUT2D eigenvalue weighted by Gasteiger charge is 2.46. The van der Waals surface area contributed by atoms with Gasteiger partial charge < -0.3 is 24.1 Å². The molecule has 1 aromatic heterocycles. The maximum Gasteiger partial charge on any atom is 0.318 e. The molecule has 2 aliphatic heterocycles. The summed E-state index contributed by atoms with van der Waals surface area (Å²) in [6.45, 7) is 12.7. The maximum absolute atomic E-state index is 11.7. The largest absolute Gasteiger partial charge is 0.469 e. The summed E-state index contributed by atoms with van der Waals surface area (Å²) in [7, 11) is -0.226. The second-order valence-corrected chi connectivity index (χ2v) is 15.0. The van der Waals surface area contributed by atoms with E-state index in [2.05, 4.69) is 41.8 Å². The molecule has 0 bridgehead atoms. The van der Waals surface area contributed by atoms with Gasteiger partial charge >= 0.3 is 12.0 Å². The Morgan fingerprint density at radius 3 is 2.65 bits per heavy atom. The first kappa shape index (κ1) is 22.5. The van der Waals surface area contributed by atoms with Crippen molar-refractivity contribution in [3.63, 3.8) is 0 Å². The summed E-state index contributed by atoms with van der Waals surface area (Å²) in [6, 6.07) is 0.409. The van der Waals surface area contributed by atoms with Crippen molar-refractivity contribution in [1.82, 2.24) is 15.3 Å². The summed E-state index contributed by atoms with van der Waals surface area (Å²) in [4.78, 5) is 23.6. The number of esters is 1. The summed E-state index contributed by atoms with van der Waals surface area (Å²) in [5.41, 5.74) is 1.89. The molecule has 3 aliphatic rings. The standard InChI is InChI=1S/C22H36N4O4Si/c1-21(30-31(3,4)5)7-6-10-26(14-21)19-16-12-23-13-17(16)24-20(25-19)29-15-22(8-9-22)11-18(27)28-2/h23H,6-15H2,1-5H3/t21-/m1/s1. The van der Waals surface area contributed by atoms with Gasteiger partial charge in [-0.3, -0.25) is 4.79 Å². The fraction of sp³-hybridized carbons (Fsp3) is 0.773. The Morgan fingerprint density at radius 2 is 1.97 bits per heavy atom. The van der Waals surface area contributed by atoms with Crippen molar-refractivity contribution < 1.29 is 18.7 Å². The first-order valence-electron chi connectivity index (χ1n) is 11.4. The van der Waals surface area contributed by atoms with Crippen LogP contribution in [-0.2, 0) is 27.0 Å². The molecule has 0 radical (unpaired) electrons. The van der Waals surface area contributed by atoms with Gasteiger partial charge in [0.05, 0.1) is 31.4 Å². The Kier molecular flexibility index (Phi) is 6.04. The van der Waals surface area contributed by atoms with Crippen molar-refractivity contribution in [3.8, 4) is 6.01 Å². The molecule has 1 atom stereocenters. The summed E-state index contributed by atoms with van der Waals surface area (Å²) < 4.78 is 17.5. The van der Waals surface area contributed by atoms with Crippen molar-refractivity contribution in [1.29, 1.82) is 0 Å². The topological polar surface area (TPSA) is 85.8 Å². The third kappa shape index (κ3) is 5.38. The molecule has 1 N–H and O–H groups in total. The lowest BCUT2D eigenvalue weighted by molar-refractivity contribution is -0.142. The molecular weight excluding hydrogens is 412 g/mol. The fourth-order valence-electron chi connectivity index (χ4n) is 4.81. The zero-order chi connectivity index (χ0) is 22.3. The average Bonchev–Trinajstić information content (AvgIpc) is 3.28. The molecule has 3 heterocycles. The van der Waals surface area contributed by atoms with E-state index < -0.39 is 8.32 Å². The van der Waals surface area contributed by atoms with Gasteiger partial charge in [0.1, 0.15) is 5.82 Å². The molecule has 0 aromatic carbocycles. The molecule has 2 fully saturated rings. The van der Waals surface area contributed by atoms with E-state index in [1.54, 1.807) is 0 Å². The van der Waals surface area contributed by atoms with Gasteiger partial charge in [-0.1, -0.05) is 0 Å². The van der Waals surface area contributed by atoms with Crippen LogP contribution in [0.1, 0.15) is 50.3 Å². The van der Waals surface area contributed by atoms with Crippen LogP contribution < -0.4 is 15.0 Å². The van der Waals surface area contributed by atoms with E-state index in [0.29, 0.717) is 19.0 Å². The molecule has 1 saturated carbocycles. The van der Waals surface area contributed by atoms with E-state index in [4.69, 9.17) is 18.9 Å². The van der Waals surface area contributed by atoms with E-state index in [9.17, 15) is 4.79 Å². The number of piperidine rings is 1. The number of hydrogen-bond donors (Lipinski definition) is 1. The van der Waals surface area contributed by atoms with Crippen molar-refractivity contribution in [2.45, 2.75) is 77.4 Å². The van der Waals surface area contributed by atoms with Crippen LogP contribution in [-0.4, -0.2) is 56.7 Å². The minimum atomic E-state index is -1.66. The second kappa shape index (κ2) is 8.33. The molecule has 9 heteroatoms. The number of nitrogens with one attached hydrogen (secondary N) is 1. The monoisotopic (exact) mass is 448 g/mol. The van der Waals surface area contributed by atoms with Gasteiger partial charge in [-0.25, -0.2) is 0 Å². The molecule has 0 amide bonds. The zero-order valence-electron chi connectivity index (χ0n) is 19.5. The number of hydrogen-bond acceptors (Lipinski definition) is 8. The van der Waals surface area contributed by atoms with Gasteiger partial charge in [-0.15, -0.1) is 0 Å². The van der Waals surface area contributed by atoms with Gasteiger partial charge in [0.15, 0.2) is 8.32 Å². The van der Waals surface area contributed by atoms with Gasteiger partial charge in [-0.2, -0.15) is 9.97 Å². The predicted octanol–water partition coefficient (Wildman–Crippen LogP) is 3.01. The number of rotatable bonds is 8. The Bertz CT molecular complexity index is 840. The first-order valence-corrected chi connectivity index (χ1v) is 14.8. The van der Waals surface area contributed by atoms with Crippen LogP contribution in [0.15, 0.2) is 0 Å². The van der Waals surface area contributed by atoms with Crippen LogP contribution in [0.5, 0.6) is 6.01 Å². The normalized spacial score (nSPS) is 24.6. The van der Waals surface area contributed by atoms with E-state index in [1.807, 2.05) is 0 Å². The Labute approximate surface area is 186 Å². The zero-order valence-corrected chi connectivity index (χ0v) is 20.5. The smallest absolute Gasteiger partial charge is 0.318 e. The molecule has 1 saturated heterocycles. The minimum Gasteiger partial charge on any atom is -0.469 e. The number of methoxy groups -OCH3 is 1. The van der Waals surface area contributed by atoms with Crippen LogP contribution in [0, 0.1) is 5.41 Å². The van der Waals surface area contributed by atoms with E-state index in [0.717, 1.165) is 63.4 Å². The van der Waals surface area contributed by atoms with Crippen LogP contribution in [0.25, 0.3) is 0 Å². The summed E-state index contributed by atoms with van der Waals surface area (Å²) >= 11 is 0. The fourth-order valence-corrected chi connectivity index (χ4v) is 6.45. The lowest BCUT2D eigenvalue weighted by atomic mass is 9.95. The molecule has 0 spiro atoms. The van der Waals surface area contributed by atoms with Crippen molar-refractivity contribution >= 4 is 20.1 Å². The lowest BCUT2D eigenvalue weighted by Crippen LogP contribution is -2.52. The molecule has 4 rings (SSSR count). The average molecular weight is 449 g/mol. The van der Waals surface area contributed by atoms with Gasteiger partial charge in [-0.05, 0) is 52.2 Å². The quantitative estimate of drug-likeness (QED) is 0.480. The molecule has 8 nitrogen and oxygen atoms in total. The van der Waals surface area contributed by atoms with Gasteiger partial charge in [0.25, 0.3) is 0 Å². The Morgan fingerprint density at radius 1 is 1.19 bits per heavy atom. The highest BCUT2D eigenvalue weighted by atomic mass is 28.4. The predicted molar refractivity (Wildman–Crippen MR) is 121 cm³/mol. The van der Waals surface area contributed by atoms with E-state index >= 15 is 0 Å². The Hall–Kier alpha value is -1.71. The highest BCUT2D eigenvalue weighted by molar-refractivity contribution is 6.69. The molecule has 1 aromatic rings. The van der Waals surface area contributed by atoms with Crippen molar-refractivity contribution in [2.75, 3.05) is 31.7 Å². The summed E-state index contributed by atoms with van der Waals surface area (Å²) in [5.74, 6) is 0.781. The maximum atomic E-state index is 11.7. The number of aromatic nitrogens is 2. The number of nitrogens with zero attached hydrogens (tertiary/aromatic N) is 3. The first-order chi connectivity index (χ1) is 14.6. The van der Waals surface area contributed by atoms with E-state index in [1.165, 1.54) is 12.7 Å². The van der Waals surface area contributed by atoms with Crippen LogP contribution in [0.2, 0.25) is 19.6 Å². The number of anilines is 1. The number of carbonyl (C=O) groups excluding carboxylic acids is 1. The summed E-state index contributed by atoms with van der Waals surface area (Å²) in [5, 5.41) is 3.40. The number of carbonyl (C=O) groups is 1. The lowest BCUT2D eigenvalue weighted by Gasteiger charge is -2.44. The minimum absolute atomic E-state index is 0.122. The SMILES string of the molecule is COC(=O)CC1(COc2nc3c(c(N4CCC[C@@](C)(O[Si](C)(C)C)C4)n2)CNC3)CC1. The molecule has 172 valence electrons. The van der Waals surface area contributed by atoms with Crippen molar-refractivity contribution in [2.24, 2.45) is 5.41 Å². The van der Waals surface area contributed by atoms with Crippen LogP contribution in [0.4, 0.5) is 5.82 Å². The number of fused-ring (bicyclic) bond motifs is 1.